The van der Waals surface area contributed by atoms with Crippen molar-refractivity contribution in [3.05, 3.63) is 53.2 Å². The van der Waals surface area contributed by atoms with E-state index in [-0.39, 0.29) is 24.8 Å². The van der Waals surface area contributed by atoms with Crippen molar-refractivity contribution in [2.75, 3.05) is 26.7 Å². The van der Waals surface area contributed by atoms with Crippen molar-refractivity contribution >= 4 is 29.1 Å². The highest BCUT2D eigenvalue weighted by atomic mass is 16.3. The molecular weight excluding hydrogens is 482 g/mol. The molecule has 0 spiro atoms. The maximum Gasteiger partial charge on any atom is 0.255 e. The molecule has 3 aromatic rings. The summed E-state index contributed by atoms with van der Waals surface area (Å²) in [6, 6.07) is 9.26. The zero-order valence-corrected chi connectivity index (χ0v) is 21.9. The predicted molar refractivity (Wildman–Crippen MR) is 144 cm³/mol. The van der Waals surface area contributed by atoms with Crippen LogP contribution < -0.4 is 5.32 Å². The van der Waals surface area contributed by atoms with E-state index in [0.717, 1.165) is 60.3 Å². The van der Waals surface area contributed by atoms with Crippen molar-refractivity contribution in [1.82, 2.24) is 24.7 Å². The van der Waals surface area contributed by atoms with E-state index in [1.165, 1.54) is 18.4 Å². The van der Waals surface area contributed by atoms with Crippen LogP contribution in [-0.4, -0.2) is 75.3 Å². The van der Waals surface area contributed by atoms with Crippen LogP contribution in [0.2, 0.25) is 0 Å². The number of aliphatic hydroxyl groups is 1. The van der Waals surface area contributed by atoms with Gasteiger partial charge in [-0.3, -0.25) is 14.5 Å². The highest BCUT2D eigenvalue weighted by Gasteiger charge is 2.36. The SMILES string of the molecule is CNC(=O)C(CCC=O)N1Cc2cc(-c3cc(CN4CCCC4)c4c(ccn4CCCO)n3)ccc2C1=O. The summed E-state index contributed by atoms with van der Waals surface area (Å²) in [6.07, 6.45) is 6.44. The second-order valence-electron chi connectivity index (χ2n) is 10.1. The van der Waals surface area contributed by atoms with Crippen LogP contribution in [-0.2, 0) is 29.2 Å². The van der Waals surface area contributed by atoms with Crippen LogP contribution in [0, 0.1) is 0 Å². The molecule has 200 valence electrons. The number of likely N-dealkylation sites (tertiary alicyclic amines) is 1. The van der Waals surface area contributed by atoms with Crippen LogP contribution in [0.3, 0.4) is 0 Å². The second-order valence-corrected chi connectivity index (χ2v) is 10.1. The topological polar surface area (TPSA) is 108 Å². The Hall–Kier alpha value is -3.56. The molecule has 0 radical (unpaired) electrons. The largest absolute Gasteiger partial charge is 0.396 e. The first-order chi connectivity index (χ1) is 18.5. The van der Waals surface area contributed by atoms with Gasteiger partial charge < -0.3 is 24.7 Å². The average molecular weight is 518 g/mol. The lowest BCUT2D eigenvalue weighted by Gasteiger charge is -2.25. The van der Waals surface area contributed by atoms with Crippen LogP contribution in [0.5, 0.6) is 0 Å². The fourth-order valence-corrected chi connectivity index (χ4v) is 5.75. The number of aryl methyl sites for hydroxylation is 1. The Morgan fingerprint density at radius 2 is 2.03 bits per heavy atom. The Balaban J connectivity index is 1.49. The molecule has 38 heavy (non-hydrogen) atoms. The fraction of sp³-hybridized carbons (Fsp3) is 0.448. The number of fused-ring (bicyclic) bond motifs is 2. The van der Waals surface area contributed by atoms with E-state index < -0.39 is 6.04 Å². The molecule has 2 aliphatic heterocycles. The molecule has 2 amide bonds. The molecule has 2 N–H and O–H groups in total. The summed E-state index contributed by atoms with van der Waals surface area (Å²) in [5.74, 6) is -0.456. The van der Waals surface area contributed by atoms with E-state index >= 15 is 0 Å². The highest BCUT2D eigenvalue weighted by molar-refractivity contribution is 6.01. The number of pyridine rings is 1. The van der Waals surface area contributed by atoms with Gasteiger partial charge in [0.1, 0.15) is 12.3 Å². The Labute approximate surface area is 222 Å². The van der Waals surface area contributed by atoms with Crippen molar-refractivity contribution < 1.29 is 19.5 Å². The second kappa shape index (κ2) is 11.4. The summed E-state index contributed by atoms with van der Waals surface area (Å²) in [5, 5.41) is 12.0. The maximum absolute atomic E-state index is 13.2. The number of amides is 2. The first kappa shape index (κ1) is 26.1. The molecule has 1 aromatic carbocycles. The Bertz CT molecular complexity index is 1340. The number of aliphatic hydroxyl groups excluding tert-OH is 1. The molecule has 1 saturated heterocycles. The van der Waals surface area contributed by atoms with E-state index in [2.05, 4.69) is 20.9 Å². The van der Waals surface area contributed by atoms with E-state index in [0.29, 0.717) is 24.9 Å². The summed E-state index contributed by atoms with van der Waals surface area (Å²) >= 11 is 0. The number of hydrogen-bond donors (Lipinski definition) is 2. The molecule has 2 aromatic heterocycles. The predicted octanol–water partition coefficient (Wildman–Crippen LogP) is 2.73. The third kappa shape index (κ3) is 5.08. The quantitative estimate of drug-likeness (QED) is 0.379. The third-order valence-corrected chi connectivity index (χ3v) is 7.66. The van der Waals surface area contributed by atoms with Gasteiger partial charge in [0.15, 0.2) is 0 Å². The number of carbonyl (C=O) groups excluding carboxylic acids is 3. The van der Waals surface area contributed by atoms with Crippen molar-refractivity contribution in [3.8, 4) is 11.3 Å². The van der Waals surface area contributed by atoms with E-state index in [9.17, 15) is 19.5 Å². The summed E-state index contributed by atoms with van der Waals surface area (Å²) in [5.41, 5.74) is 6.46. The van der Waals surface area contributed by atoms with Crippen LogP contribution in [0.15, 0.2) is 36.5 Å². The van der Waals surface area contributed by atoms with E-state index in [1.54, 1.807) is 11.9 Å². The van der Waals surface area contributed by atoms with E-state index in [4.69, 9.17) is 4.98 Å². The number of benzene rings is 1. The lowest BCUT2D eigenvalue weighted by Crippen LogP contribution is -2.46. The molecule has 9 nitrogen and oxygen atoms in total. The number of nitrogens with one attached hydrogen (secondary N) is 1. The lowest BCUT2D eigenvalue weighted by atomic mass is 10.0. The van der Waals surface area contributed by atoms with Crippen LogP contribution in [0.25, 0.3) is 22.3 Å². The van der Waals surface area contributed by atoms with Gasteiger partial charge in [-0.25, -0.2) is 4.98 Å². The molecule has 5 rings (SSSR count). The van der Waals surface area contributed by atoms with Gasteiger partial charge in [-0.15, -0.1) is 0 Å². The number of likely N-dealkylation sites (N-methyl/N-ethyl adjacent to an activating group) is 1. The summed E-state index contributed by atoms with van der Waals surface area (Å²) in [7, 11) is 1.54. The molecule has 9 heteroatoms. The van der Waals surface area contributed by atoms with Gasteiger partial charge in [0.2, 0.25) is 5.91 Å². The summed E-state index contributed by atoms with van der Waals surface area (Å²) in [6.45, 7) is 4.22. The van der Waals surface area contributed by atoms with Crippen molar-refractivity contribution in [2.24, 2.45) is 0 Å². The zero-order valence-electron chi connectivity index (χ0n) is 21.9. The molecule has 0 aliphatic carbocycles. The zero-order chi connectivity index (χ0) is 26.6. The Morgan fingerprint density at radius 3 is 2.76 bits per heavy atom. The van der Waals surface area contributed by atoms with Crippen molar-refractivity contribution in [2.45, 2.75) is 57.8 Å². The minimum absolute atomic E-state index is 0.146. The molecular formula is C29H35N5O4. The van der Waals surface area contributed by atoms with Crippen molar-refractivity contribution in [1.29, 1.82) is 0 Å². The fourth-order valence-electron chi connectivity index (χ4n) is 5.75. The van der Waals surface area contributed by atoms with Gasteiger partial charge in [-0.05, 0) is 74.2 Å². The van der Waals surface area contributed by atoms with Gasteiger partial charge >= 0.3 is 0 Å². The maximum atomic E-state index is 13.2. The number of nitrogens with zero attached hydrogens (tertiary/aromatic N) is 4. The van der Waals surface area contributed by atoms with E-state index in [1.807, 2.05) is 30.5 Å². The molecule has 1 unspecified atom stereocenters. The minimum atomic E-state index is -0.686. The number of aromatic nitrogens is 2. The molecule has 1 fully saturated rings. The number of carbonyl (C=O) groups is 3. The third-order valence-electron chi connectivity index (χ3n) is 7.66. The number of aldehydes is 1. The van der Waals surface area contributed by atoms with Crippen LogP contribution in [0.1, 0.15) is 53.6 Å². The van der Waals surface area contributed by atoms with Gasteiger partial charge in [0.25, 0.3) is 5.91 Å². The standard InChI is InChI=1S/C29H35N5O4/c1-30-28(37)26(6-4-14-35)34-19-21-16-20(7-8-23(21)29(34)38)25-17-22(18-32-10-2-3-11-32)27-24(31-25)9-13-33(27)12-5-15-36/h7-9,13-14,16-17,26,36H,2-6,10-12,15,18-19H2,1H3,(H,30,37). The number of rotatable bonds is 11. The Morgan fingerprint density at radius 1 is 1.21 bits per heavy atom. The smallest absolute Gasteiger partial charge is 0.255 e. The molecule has 0 bridgehead atoms. The number of hydrogen-bond acceptors (Lipinski definition) is 6. The molecule has 4 heterocycles. The lowest BCUT2D eigenvalue weighted by molar-refractivity contribution is -0.125. The molecule has 1 atom stereocenters. The summed E-state index contributed by atoms with van der Waals surface area (Å²) in [4.78, 5) is 45.7. The first-order valence-electron chi connectivity index (χ1n) is 13.5. The van der Waals surface area contributed by atoms with Gasteiger partial charge in [0.05, 0.1) is 16.7 Å². The first-order valence-corrected chi connectivity index (χ1v) is 13.5. The van der Waals surface area contributed by atoms with Crippen LogP contribution >= 0.6 is 0 Å². The van der Waals surface area contributed by atoms with Gasteiger partial charge in [-0.1, -0.05) is 6.07 Å². The minimum Gasteiger partial charge on any atom is -0.396 e. The highest BCUT2D eigenvalue weighted by Crippen LogP contribution is 2.32. The van der Waals surface area contributed by atoms with Crippen LogP contribution in [0.4, 0.5) is 0 Å². The normalized spacial score (nSPS) is 16.3. The monoisotopic (exact) mass is 517 g/mol. The van der Waals surface area contributed by atoms with Crippen molar-refractivity contribution in [3.63, 3.8) is 0 Å². The average Bonchev–Trinajstić information content (AvgIpc) is 3.67. The molecule has 0 saturated carbocycles. The Kier molecular flexibility index (Phi) is 7.85. The summed E-state index contributed by atoms with van der Waals surface area (Å²) < 4.78 is 2.19. The van der Waals surface area contributed by atoms with Gasteiger partial charge in [0, 0.05) is 57.0 Å². The van der Waals surface area contributed by atoms with Gasteiger partial charge in [-0.2, -0.15) is 0 Å². The molecule has 2 aliphatic rings.